The summed E-state index contributed by atoms with van der Waals surface area (Å²) in [6.07, 6.45) is 4.91. The van der Waals surface area contributed by atoms with Crippen molar-refractivity contribution in [2.24, 2.45) is 0 Å². The summed E-state index contributed by atoms with van der Waals surface area (Å²) in [5, 5.41) is 5.47. The fourth-order valence-corrected chi connectivity index (χ4v) is 1.72. The summed E-state index contributed by atoms with van der Waals surface area (Å²) in [5.41, 5.74) is 2.13. The van der Waals surface area contributed by atoms with E-state index in [9.17, 15) is 9.59 Å². The van der Waals surface area contributed by atoms with Gasteiger partial charge in [0.15, 0.2) is 0 Å². The summed E-state index contributed by atoms with van der Waals surface area (Å²) >= 11 is 0. The summed E-state index contributed by atoms with van der Waals surface area (Å²) in [4.78, 5) is 31.0. The van der Waals surface area contributed by atoms with Crippen LogP contribution in [0.3, 0.4) is 0 Å². The number of hydrogen-bond donors (Lipinski definition) is 2. The second kappa shape index (κ2) is 7.14. The molecule has 2 N–H and O–H groups in total. The van der Waals surface area contributed by atoms with Gasteiger partial charge in [-0.25, -0.2) is 0 Å². The normalized spacial score (nSPS) is 9.95. The molecule has 0 unspecified atom stereocenters. The highest BCUT2D eigenvalue weighted by Crippen LogP contribution is 2.03. The van der Waals surface area contributed by atoms with Crippen LogP contribution >= 0.6 is 0 Å². The Labute approximate surface area is 122 Å². The average Bonchev–Trinajstić information content (AvgIpc) is 2.52. The van der Waals surface area contributed by atoms with Gasteiger partial charge in [0.05, 0.1) is 12.2 Å². The van der Waals surface area contributed by atoms with E-state index in [1.807, 2.05) is 12.1 Å². The molecule has 6 nitrogen and oxygen atoms in total. The van der Waals surface area contributed by atoms with E-state index in [0.29, 0.717) is 24.3 Å². The Hall–Kier alpha value is -2.76. The molecule has 0 aliphatic heterocycles. The van der Waals surface area contributed by atoms with Crippen LogP contribution in [0.5, 0.6) is 0 Å². The Morgan fingerprint density at radius 3 is 2.52 bits per heavy atom. The van der Waals surface area contributed by atoms with Crippen molar-refractivity contribution in [1.82, 2.24) is 20.6 Å². The van der Waals surface area contributed by atoms with Gasteiger partial charge in [-0.3, -0.25) is 19.6 Å². The molecule has 0 spiro atoms. The maximum atomic E-state index is 12.1. The summed E-state index contributed by atoms with van der Waals surface area (Å²) < 4.78 is 0. The summed E-state index contributed by atoms with van der Waals surface area (Å²) in [5.74, 6) is -0.317. The fraction of sp³-hybridized carbons (Fsp3) is 0.200. The van der Waals surface area contributed by atoms with Crippen molar-refractivity contribution in [3.05, 3.63) is 59.7 Å². The first-order valence-electron chi connectivity index (χ1n) is 6.51. The molecule has 2 aromatic heterocycles. The van der Waals surface area contributed by atoms with Crippen LogP contribution in [0, 0.1) is 0 Å². The number of amides is 2. The van der Waals surface area contributed by atoms with Crippen LogP contribution in [-0.4, -0.2) is 21.8 Å². The van der Waals surface area contributed by atoms with E-state index in [0.717, 1.165) is 5.56 Å². The molecule has 0 saturated heterocycles. The van der Waals surface area contributed by atoms with Crippen molar-refractivity contribution in [2.45, 2.75) is 20.0 Å². The molecule has 0 saturated carbocycles. The second-order valence-electron chi connectivity index (χ2n) is 4.48. The van der Waals surface area contributed by atoms with Gasteiger partial charge >= 0.3 is 0 Å². The van der Waals surface area contributed by atoms with Crippen molar-refractivity contribution >= 4 is 11.8 Å². The van der Waals surface area contributed by atoms with E-state index in [1.165, 1.54) is 6.92 Å². The molecule has 2 amide bonds. The maximum Gasteiger partial charge on any atom is 0.251 e. The first-order valence-corrected chi connectivity index (χ1v) is 6.51. The zero-order valence-corrected chi connectivity index (χ0v) is 11.7. The van der Waals surface area contributed by atoms with Crippen molar-refractivity contribution in [3.8, 4) is 0 Å². The maximum absolute atomic E-state index is 12.1. The van der Waals surface area contributed by atoms with Gasteiger partial charge in [0.2, 0.25) is 5.91 Å². The number of carbonyl (C=O) groups is 2. The lowest BCUT2D eigenvalue weighted by atomic mass is 10.2. The van der Waals surface area contributed by atoms with Crippen molar-refractivity contribution in [3.63, 3.8) is 0 Å². The molecule has 2 aromatic rings. The van der Waals surface area contributed by atoms with Crippen molar-refractivity contribution < 1.29 is 9.59 Å². The number of hydrogen-bond acceptors (Lipinski definition) is 4. The monoisotopic (exact) mass is 284 g/mol. The van der Waals surface area contributed by atoms with Gasteiger partial charge in [-0.1, -0.05) is 0 Å². The molecule has 0 fully saturated rings. The molecule has 0 atom stereocenters. The van der Waals surface area contributed by atoms with Crippen LogP contribution in [0.2, 0.25) is 0 Å². The lowest BCUT2D eigenvalue weighted by Gasteiger charge is -2.07. The highest BCUT2D eigenvalue weighted by atomic mass is 16.2. The minimum Gasteiger partial charge on any atom is -0.351 e. The minimum absolute atomic E-state index is 0.135. The van der Waals surface area contributed by atoms with Crippen molar-refractivity contribution in [2.75, 3.05) is 0 Å². The molecule has 2 heterocycles. The third-order valence-corrected chi connectivity index (χ3v) is 2.80. The predicted octanol–water partition coefficient (Wildman–Crippen LogP) is 1.04. The molecule has 0 aromatic carbocycles. The van der Waals surface area contributed by atoms with Gasteiger partial charge in [-0.15, -0.1) is 0 Å². The van der Waals surface area contributed by atoms with E-state index in [1.54, 1.807) is 30.7 Å². The van der Waals surface area contributed by atoms with Crippen LogP contribution in [0.1, 0.15) is 28.5 Å². The van der Waals surface area contributed by atoms with E-state index in [-0.39, 0.29) is 11.8 Å². The smallest absolute Gasteiger partial charge is 0.251 e. The average molecular weight is 284 g/mol. The Balaban J connectivity index is 1.95. The lowest BCUT2D eigenvalue weighted by Crippen LogP contribution is -2.24. The molecule has 0 radical (unpaired) electrons. The van der Waals surface area contributed by atoms with E-state index in [2.05, 4.69) is 20.6 Å². The third kappa shape index (κ3) is 4.68. The highest BCUT2D eigenvalue weighted by Gasteiger charge is 2.07. The predicted molar refractivity (Wildman–Crippen MR) is 77.2 cm³/mol. The zero-order chi connectivity index (χ0) is 15.1. The van der Waals surface area contributed by atoms with Crippen LogP contribution in [-0.2, 0) is 17.9 Å². The standard InChI is InChI=1S/C15H16N4O2/c1-11(20)18-10-14-8-13(4-7-17-14)15(21)19-9-12-2-5-16-6-3-12/h2-8H,9-10H2,1H3,(H,18,20)(H,19,21). The number of nitrogens with zero attached hydrogens (tertiary/aromatic N) is 2. The molecule has 6 heteroatoms. The summed E-state index contributed by atoms with van der Waals surface area (Å²) in [6.45, 7) is 2.18. The fourth-order valence-electron chi connectivity index (χ4n) is 1.72. The van der Waals surface area contributed by atoms with E-state index < -0.39 is 0 Å². The van der Waals surface area contributed by atoms with Gasteiger partial charge in [-0.05, 0) is 29.8 Å². The number of pyridine rings is 2. The van der Waals surface area contributed by atoms with Crippen LogP contribution in [0.15, 0.2) is 42.9 Å². The Morgan fingerprint density at radius 2 is 1.81 bits per heavy atom. The molecule has 0 aliphatic carbocycles. The topological polar surface area (TPSA) is 84.0 Å². The van der Waals surface area contributed by atoms with Gasteiger partial charge in [-0.2, -0.15) is 0 Å². The highest BCUT2D eigenvalue weighted by molar-refractivity contribution is 5.94. The Kier molecular flexibility index (Phi) is 4.98. The lowest BCUT2D eigenvalue weighted by molar-refractivity contribution is -0.119. The molecular weight excluding hydrogens is 268 g/mol. The Morgan fingerprint density at radius 1 is 1.05 bits per heavy atom. The molecular formula is C15H16N4O2. The first-order chi connectivity index (χ1) is 10.1. The Bertz CT molecular complexity index is 629. The van der Waals surface area contributed by atoms with Crippen molar-refractivity contribution in [1.29, 1.82) is 0 Å². The first kappa shape index (κ1) is 14.6. The SMILES string of the molecule is CC(=O)NCc1cc(C(=O)NCc2ccncc2)ccn1. The minimum atomic E-state index is -0.182. The largest absolute Gasteiger partial charge is 0.351 e. The van der Waals surface area contributed by atoms with Crippen LogP contribution in [0.25, 0.3) is 0 Å². The quantitative estimate of drug-likeness (QED) is 0.859. The van der Waals surface area contributed by atoms with Crippen LogP contribution in [0.4, 0.5) is 0 Å². The number of aromatic nitrogens is 2. The second-order valence-corrected chi connectivity index (χ2v) is 4.48. The molecule has 0 aliphatic rings. The van der Waals surface area contributed by atoms with Gasteiger partial charge in [0, 0.05) is 37.6 Å². The van der Waals surface area contributed by atoms with Gasteiger partial charge in [0.25, 0.3) is 5.91 Å². The summed E-state index contributed by atoms with van der Waals surface area (Å²) in [7, 11) is 0. The van der Waals surface area contributed by atoms with E-state index >= 15 is 0 Å². The van der Waals surface area contributed by atoms with Crippen LogP contribution < -0.4 is 10.6 Å². The zero-order valence-electron chi connectivity index (χ0n) is 11.7. The molecule has 108 valence electrons. The number of rotatable bonds is 5. The summed E-state index contributed by atoms with van der Waals surface area (Å²) in [6, 6.07) is 6.99. The molecule has 21 heavy (non-hydrogen) atoms. The number of nitrogens with one attached hydrogen (secondary N) is 2. The van der Waals surface area contributed by atoms with Gasteiger partial charge in [0.1, 0.15) is 0 Å². The molecule has 2 rings (SSSR count). The third-order valence-electron chi connectivity index (χ3n) is 2.80. The number of carbonyl (C=O) groups excluding carboxylic acids is 2. The van der Waals surface area contributed by atoms with E-state index in [4.69, 9.17) is 0 Å². The van der Waals surface area contributed by atoms with Gasteiger partial charge < -0.3 is 10.6 Å². The molecule has 0 bridgehead atoms.